The Morgan fingerprint density at radius 1 is 0.962 bits per heavy atom. The highest BCUT2D eigenvalue weighted by atomic mass is 19.1. The lowest BCUT2D eigenvalue weighted by Crippen LogP contribution is -2.22. The van der Waals surface area contributed by atoms with E-state index < -0.39 is 5.92 Å². The van der Waals surface area contributed by atoms with Gasteiger partial charge in [0.15, 0.2) is 5.78 Å². The first-order valence-electron chi connectivity index (χ1n) is 9.44. The molecule has 0 aliphatic rings. The van der Waals surface area contributed by atoms with Gasteiger partial charge in [-0.05, 0) is 30.5 Å². The van der Waals surface area contributed by atoms with Crippen LogP contribution < -0.4 is 0 Å². The lowest BCUT2D eigenvalue weighted by molar-refractivity contribution is -0.123. The first kappa shape index (κ1) is 20.0. The number of carbonyl (C=O) groups is 2. The van der Waals surface area contributed by atoms with Gasteiger partial charge in [-0.2, -0.15) is 0 Å². The van der Waals surface area contributed by atoms with Crippen molar-refractivity contribution in [3.63, 3.8) is 0 Å². The van der Waals surface area contributed by atoms with Gasteiger partial charge in [-0.15, -0.1) is 0 Å². The zero-order valence-corrected chi connectivity index (χ0v) is 15.6. The van der Waals surface area contributed by atoms with Crippen molar-refractivity contribution >= 4 is 11.6 Å². The van der Waals surface area contributed by atoms with Gasteiger partial charge in [0, 0.05) is 17.9 Å². The fourth-order valence-corrected chi connectivity index (χ4v) is 3.27. The first-order valence-corrected chi connectivity index (χ1v) is 9.44. The van der Waals surface area contributed by atoms with Crippen LogP contribution >= 0.6 is 0 Å². The molecule has 0 bridgehead atoms. The van der Waals surface area contributed by atoms with Gasteiger partial charge in [-0.3, -0.25) is 9.59 Å². The molecule has 0 amide bonds. The van der Waals surface area contributed by atoms with Crippen LogP contribution in [0.4, 0.5) is 4.39 Å². The van der Waals surface area contributed by atoms with Crippen LogP contribution in [0.25, 0.3) is 0 Å². The van der Waals surface area contributed by atoms with E-state index in [0.29, 0.717) is 11.1 Å². The van der Waals surface area contributed by atoms with Crippen LogP contribution in [0.2, 0.25) is 0 Å². The van der Waals surface area contributed by atoms with E-state index in [4.69, 9.17) is 0 Å². The highest BCUT2D eigenvalue weighted by Crippen LogP contribution is 2.28. The Morgan fingerprint density at radius 2 is 1.62 bits per heavy atom. The molecule has 0 radical (unpaired) electrons. The van der Waals surface area contributed by atoms with Gasteiger partial charge in [0.25, 0.3) is 0 Å². The van der Waals surface area contributed by atoms with Crippen molar-refractivity contribution in [2.24, 2.45) is 5.92 Å². The molecule has 0 saturated heterocycles. The largest absolute Gasteiger partial charge is 0.299 e. The van der Waals surface area contributed by atoms with E-state index >= 15 is 0 Å². The number of unbranched alkanes of at least 4 members (excludes halogenated alkanes) is 1. The molecule has 0 saturated carbocycles. The molecule has 138 valence electrons. The third-order valence-corrected chi connectivity index (χ3v) is 4.91. The van der Waals surface area contributed by atoms with Crippen LogP contribution in [0, 0.1) is 11.7 Å². The zero-order chi connectivity index (χ0) is 18.9. The lowest BCUT2D eigenvalue weighted by Gasteiger charge is -2.20. The van der Waals surface area contributed by atoms with Crippen molar-refractivity contribution in [3.8, 4) is 0 Å². The van der Waals surface area contributed by atoms with Gasteiger partial charge in [-0.1, -0.05) is 69.2 Å². The predicted octanol–water partition coefficient (Wildman–Crippen LogP) is 5.97. The van der Waals surface area contributed by atoms with Crippen LogP contribution in [-0.2, 0) is 4.79 Å². The van der Waals surface area contributed by atoms with Gasteiger partial charge in [0.1, 0.15) is 11.6 Å². The van der Waals surface area contributed by atoms with Crippen molar-refractivity contribution in [2.75, 3.05) is 0 Å². The summed E-state index contributed by atoms with van der Waals surface area (Å²) in [6.45, 7) is 4.13. The number of halogens is 1. The van der Waals surface area contributed by atoms with E-state index in [-0.39, 0.29) is 29.7 Å². The van der Waals surface area contributed by atoms with Crippen LogP contribution in [-0.4, -0.2) is 11.6 Å². The predicted molar refractivity (Wildman–Crippen MR) is 103 cm³/mol. The summed E-state index contributed by atoms with van der Waals surface area (Å²) in [7, 11) is 0. The number of ketones is 2. The Balaban J connectivity index is 2.27. The molecule has 0 aromatic heterocycles. The smallest absolute Gasteiger partial charge is 0.170 e. The topological polar surface area (TPSA) is 34.1 Å². The van der Waals surface area contributed by atoms with E-state index in [2.05, 4.69) is 6.92 Å². The summed E-state index contributed by atoms with van der Waals surface area (Å²) < 4.78 is 13.3. The van der Waals surface area contributed by atoms with Crippen LogP contribution in [0.3, 0.4) is 0 Å². The maximum atomic E-state index is 13.3. The number of carbonyl (C=O) groups excluding carboxylic acids is 2. The van der Waals surface area contributed by atoms with E-state index in [1.165, 1.54) is 12.1 Å². The van der Waals surface area contributed by atoms with Crippen LogP contribution in [0.5, 0.6) is 0 Å². The normalized spacial score (nSPS) is 13.2. The van der Waals surface area contributed by atoms with Crippen molar-refractivity contribution in [1.82, 2.24) is 0 Å². The molecule has 0 aliphatic heterocycles. The maximum absolute atomic E-state index is 13.3. The quantitative estimate of drug-likeness (QED) is 0.493. The summed E-state index contributed by atoms with van der Waals surface area (Å²) >= 11 is 0. The summed E-state index contributed by atoms with van der Waals surface area (Å²) in [4.78, 5) is 25.9. The minimum Gasteiger partial charge on any atom is -0.299 e. The molecule has 26 heavy (non-hydrogen) atoms. The summed E-state index contributed by atoms with van der Waals surface area (Å²) in [5, 5.41) is 0. The average Bonchev–Trinajstić information content (AvgIpc) is 2.67. The summed E-state index contributed by atoms with van der Waals surface area (Å²) in [5.41, 5.74) is 1.27. The molecular formula is C23H27FO2. The lowest BCUT2D eigenvalue weighted by atomic mass is 9.82. The number of hydrogen-bond donors (Lipinski definition) is 0. The third kappa shape index (κ3) is 5.35. The second kappa shape index (κ2) is 10.0. The van der Waals surface area contributed by atoms with Crippen molar-refractivity contribution < 1.29 is 14.0 Å². The standard InChI is InChI=1S/C23H27FO2/c1-3-5-9-17(4-2)22(25)16-21(18-12-14-20(24)15-13-18)23(26)19-10-7-6-8-11-19/h6-8,10-15,17,21H,3-5,9,16H2,1-2H3. The molecule has 0 N–H and O–H groups in total. The maximum Gasteiger partial charge on any atom is 0.170 e. The second-order valence-electron chi connectivity index (χ2n) is 6.75. The van der Waals surface area contributed by atoms with Crippen molar-refractivity contribution in [1.29, 1.82) is 0 Å². The molecule has 2 rings (SSSR count). The Bertz CT molecular complexity index is 707. The minimum atomic E-state index is -0.568. The zero-order valence-electron chi connectivity index (χ0n) is 15.6. The SMILES string of the molecule is CCCCC(CC)C(=O)CC(C(=O)c1ccccc1)c1ccc(F)cc1. The minimum absolute atomic E-state index is 0.0125. The summed E-state index contributed by atoms with van der Waals surface area (Å²) in [5.74, 6) is -0.890. The van der Waals surface area contributed by atoms with Gasteiger partial charge in [-0.25, -0.2) is 4.39 Å². The highest BCUT2D eigenvalue weighted by Gasteiger charge is 2.27. The van der Waals surface area contributed by atoms with E-state index in [1.807, 2.05) is 25.1 Å². The van der Waals surface area contributed by atoms with Crippen molar-refractivity contribution in [3.05, 3.63) is 71.5 Å². The Labute approximate surface area is 155 Å². The Hall–Kier alpha value is -2.29. The molecule has 0 aliphatic carbocycles. The number of benzene rings is 2. The molecule has 3 heteroatoms. The number of Topliss-reactive ketones (excluding diaryl/α,β-unsaturated/α-hetero) is 2. The molecule has 2 aromatic rings. The second-order valence-corrected chi connectivity index (χ2v) is 6.75. The molecule has 2 aromatic carbocycles. The first-order chi connectivity index (χ1) is 12.6. The Kier molecular flexibility index (Phi) is 7.71. The van der Waals surface area contributed by atoms with Gasteiger partial charge in [0.05, 0.1) is 5.92 Å². The fourth-order valence-electron chi connectivity index (χ4n) is 3.27. The third-order valence-electron chi connectivity index (χ3n) is 4.91. The summed E-state index contributed by atoms with van der Waals surface area (Å²) in [6, 6.07) is 14.9. The molecule has 0 fully saturated rings. The number of rotatable bonds is 10. The molecule has 2 atom stereocenters. The monoisotopic (exact) mass is 354 g/mol. The van der Waals surface area contributed by atoms with E-state index in [9.17, 15) is 14.0 Å². The van der Waals surface area contributed by atoms with Crippen molar-refractivity contribution in [2.45, 2.75) is 51.9 Å². The van der Waals surface area contributed by atoms with Gasteiger partial charge in [0.2, 0.25) is 0 Å². The molecule has 2 nitrogen and oxygen atoms in total. The summed E-state index contributed by atoms with van der Waals surface area (Å²) in [6.07, 6.45) is 3.88. The fraction of sp³-hybridized carbons (Fsp3) is 0.391. The van der Waals surface area contributed by atoms with E-state index in [1.54, 1.807) is 24.3 Å². The van der Waals surface area contributed by atoms with Gasteiger partial charge < -0.3 is 0 Å². The number of hydrogen-bond acceptors (Lipinski definition) is 2. The molecule has 0 spiro atoms. The van der Waals surface area contributed by atoms with Crippen LogP contribution in [0.1, 0.15) is 67.8 Å². The molecule has 2 unspecified atom stereocenters. The molecule has 0 heterocycles. The molecular weight excluding hydrogens is 327 g/mol. The van der Waals surface area contributed by atoms with E-state index in [0.717, 1.165) is 25.7 Å². The van der Waals surface area contributed by atoms with Crippen LogP contribution in [0.15, 0.2) is 54.6 Å². The highest BCUT2D eigenvalue weighted by molar-refractivity contribution is 6.03. The Morgan fingerprint density at radius 3 is 2.19 bits per heavy atom. The average molecular weight is 354 g/mol. The van der Waals surface area contributed by atoms with Gasteiger partial charge >= 0.3 is 0 Å².